The standard InChI is InChI=1S/C14H14Cl2N2O2S/c1-10-6-14(13(16)7-12(10)15)21(19,20)18(2)9-11-4-3-5-17-8-11/h3-8H,9H2,1-2H3. The minimum Gasteiger partial charge on any atom is -0.264 e. The maximum Gasteiger partial charge on any atom is 0.244 e. The molecule has 0 saturated heterocycles. The molecular formula is C14H14Cl2N2O2S. The highest BCUT2D eigenvalue weighted by atomic mass is 35.5. The molecule has 0 spiro atoms. The molecule has 0 N–H and O–H groups in total. The van der Waals surface area contributed by atoms with Gasteiger partial charge in [0.05, 0.1) is 5.02 Å². The fourth-order valence-corrected chi connectivity index (χ4v) is 3.79. The monoisotopic (exact) mass is 344 g/mol. The third-order valence-corrected chi connectivity index (χ3v) is 5.70. The van der Waals surface area contributed by atoms with Gasteiger partial charge in [-0.3, -0.25) is 4.98 Å². The number of rotatable bonds is 4. The summed E-state index contributed by atoms with van der Waals surface area (Å²) in [4.78, 5) is 4.02. The highest BCUT2D eigenvalue weighted by Crippen LogP contribution is 2.30. The van der Waals surface area contributed by atoms with Crippen molar-refractivity contribution in [2.75, 3.05) is 7.05 Å². The summed E-state index contributed by atoms with van der Waals surface area (Å²) in [7, 11) is -2.19. The van der Waals surface area contributed by atoms with Gasteiger partial charge in [-0.05, 0) is 36.2 Å². The van der Waals surface area contributed by atoms with Gasteiger partial charge < -0.3 is 0 Å². The molecule has 1 aromatic carbocycles. The van der Waals surface area contributed by atoms with Crippen LogP contribution in [0.15, 0.2) is 41.6 Å². The van der Waals surface area contributed by atoms with Crippen LogP contribution in [0.5, 0.6) is 0 Å². The second-order valence-electron chi connectivity index (χ2n) is 4.65. The van der Waals surface area contributed by atoms with Crippen LogP contribution in [0.2, 0.25) is 10.0 Å². The van der Waals surface area contributed by atoms with Crippen LogP contribution >= 0.6 is 23.2 Å². The van der Waals surface area contributed by atoms with Crippen LogP contribution in [0.3, 0.4) is 0 Å². The lowest BCUT2D eigenvalue weighted by molar-refractivity contribution is 0.466. The topological polar surface area (TPSA) is 50.3 Å². The number of aryl methyl sites for hydroxylation is 1. The maximum absolute atomic E-state index is 12.6. The normalized spacial score (nSPS) is 11.9. The van der Waals surface area contributed by atoms with E-state index in [4.69, 9.17) is 23.2 Å². The Labute approximate surface area is 134 Å². The Hall–Kier alpha value is -1.14. The van der Waals surface area contributed by atoms with Crippen LogP contribution in [0.25, 0.3) is 0 Å². The summed E-state index contributed by atoms with van der Waals surface area (Å²) in [5.74, 6) is 0. The SMILES string of the molecule is Cc1cc(S(=O)(=O)N(C)Cc2cccnc2)c(Cl)cc1Cl. The lowest BCUT2D eigenvalue weighted by Crippen LogP contribution is -2.27. The van der Waals surface area contributed by atoms with Gasteiger partial charge in [-0.15, -0.1) is 0 Å². The molecule has 2 rings (SSSR count). The van der Waals surface area contributed by atoms with E-state index in [-0.39, 0.29) is 16.5 Å². The van der Waals surface area contributed by atoms with Crippen molar-refractivity contribution >= 4 is 33.2 Å². The third kappa shape index (κ3) is 3.55. The second kappa shape index (κ2) is 6.32. The fraction of sp³-hybridized carbons (Fsp3) is 0.214. The molecule has 7 heteroatoms. The average Bonchev–Trinajstić information content (AvgIpc) is 2.43. The van der Waals surface area contributed by atoms with Crippen LogP contribution < -0.4 is 0 Å². The Bertz CT molecular complexity index is 749. The Kier molecular flexibility index (Phi) is 4.88. The molecule has 0 radical (unpaired) electrons. The van der Waals surface area contributed by atoms with E-state index in [0.717, 1.165) is 5.56 Å². The third-order valence-electron chi connectivity index (χ3n) is 3.03. The fourth-order valence-electron chi connectivity index (χ4n) is 1.83. The zero-order chi connectivity index (χ0) is 15.6. The summed E-state index contributed by atoms with van der Waals surface area (Å²) >= 11 is 12.0. The molecule has 2 aromatic rings. The molecule has 1 heterocycles. The minimum absolute atomic E-state index is 0.0532. The maximum atomic E-state index is 12.6. The van der Waals surface area contributed by atoms with Crippen molar-refractivity contribution in [2.45, 2.75) is 18.4 Å². The van der Waals surface area contributed by atoms with E-state index in [1.165, 1.54) is 23.5 Å². The first-order chi connectivity index (χ1) is 9.82. The van der Waals surface area contributed by atoms with Gasteiger partial charge in [-0.2, -0.15) is 4.31 Å². The van der Waals surface area contributed by atoms with Crippen molar-refractivity contribution in [3.8, 4) is 0 Å². The van der Waals surface area contributed by atoms with Gasteiger partial charge >= 0.3 is 0 Å². The summed E-state index contributed by atoms with van der Waals surface area (Å²) in [6.07, 6.45) is 3.26. The van der Waals surface area contributed by atoms with Crippen LogP contribution in [0.1, 0.15) is 11.1 Å². The number of benzene rings is 1. The van der Waals surface area contributed by atoms with Gasteiger partial charge in [0.1, 0.15) is 4.90 Å². The largest absolute Gasteiger partial charge is 0.264 e. The van der Waals surface area contributed by atoms with Crippen molar-refractivity contribution in [3.63, 3.8) is 0 Å². The van der Waals surface area contributed by atoms with E-state index in [9.17, 15) is 8.42 Å². The van der Waals surface area contributed by atoms with Gasteiger partial charge in [-0.25, -0.2) is 8.42 Å². The van der Waals surface area contributed by atoms with E-state index in [0.29, 0.717) is 10.6 Å². The first kappa shape index (κ1) is 16.2. The summed E-state index contributed by atoms with van der Waals surface area (Å²) in [5.41, 5.74) is 1.46. The predicted molar refractivity (Wildman–Crippen MR) is 84.1 cm³/mol. The Morgan fingerprint density at radius 1 is 1.24 bits per heavy atom. The highest BCUT2D eigenvalue weighted by molar-refractivity contribution is 7.89. The van der Waals surface area contributed by atoms with E-state index in [2.05, 4.69) is 4.98 Å². The summed E-state index contributed by atoms with van der Waals surface area (Å²) in [6, 6.07) is 6.51. The van der Waals surface area contributed by atoms with Crippen molar-refractivity contribution < 1.29 is 8.42 Å². The number of pyridine rings is 1. The summed E-state index contributed by atoms with van der Waals surface area (Å²) < 4.78 is 26.4. The molecule has 1 aromatic heterocycles. The Morgan fingerprint density at radius 3 is 2.57 bits per heavy atom. The smallest absolute Gasteiger partial charge is 0.244 e. The van der Waals surface area contributed by atoms with Crippen molar-refractivity contribution in [3.05, 3.63) is 57.8 Å². The highest BCUT2D eigenvalue weighted by Gasteiger charge is 2.24. The van der Waals surface area contributed by atoms with E-state index >= 15 is 0 Å². The minimum atomic E-state index is -3.69. The quantitative estimate of drug-likeness (QED) is 0.852. The van der Waals surface area contributed by atoms with Crippen LogP contribution in [-0.4, -0.2) is 24.8 Å². The molecule has 0 atom stereocenters. The average molecular weight is 345 g/mol. The number of nitrogens with zero attached hydrogens (tertiary/aromatic N) is 2. The number of halogens is 2. The number of hydrogen-bond acceptors (Lipinski definition) is 3. The van der Waals surface area contributed by atoms with E-state index < -0.39 is 10.0 Å². The van der Waals surface area contributed by atoms with Crippen LogP contribution in [-0.2, 0) is 16.6 Å². The van der Waals surface area contributed by atoms with Gasteiger partial charge in [0.2, 0.25) is 10.0 Å². The van der Waals surface area contributed by atoms with E-state index in [1.54, 1.807) is 25.4 Å². The number of aromatic nitrogens is 1. The summed E-state index contributed by atoms with van der Waals surface area (Å²) in [6.45, 7) is 1.95. The molecule has 0 aliphatic heterocycles. The Morgan fingerprint density at radius 2 is 1.95 bits per heavy atom. The lowest BCUT2D eigenvalue weighted by atomic mass is 10.2. The molecule has 0 saturated carbocycles. The van der Waals surface area contributed by atoms with Crippen molar-refractivity contribution in [1.29, 1.82) is 0 Å². The number of sulfonamides is 1. The lowest BCUT2D eigenvalue weighted by Gasteiger charge is -2.18. The van der Waals surface area contributed by atoms with Crippen LogP contribution in [0, 0.1) is 6.92 Å². The molecular weight excluding hydrogens is 331 g/mol. The molecule has 0 aliphatic carbocycles. The molecule has 4 nitrogen and oxygen atoms in total. The molecule has 21 heavy (non-hydrogen) atoms. The molecule has 0 fully saturated rings. The van der Waals surface area contributed by atoms with Crippen LogP contribution in [0.4, 0.5) is 0 Å². The number of hydrogen-bond donors (Lipinski definition) is 0. The van der Waals surface area contributed by atoms with Crippen molar-refractivity contribution in [1.82, 2.24) is 9.29 Å². The molecule has 0 bridgehead atoms. The molecule has 0 unspecified atom stereocenters. The zero-order valence-corrected chi connectivity index (χ0v) is 13.9. The molecule has 112 valence electrons. The van der Waals surface area contributed by atoms with E-state index in [1.807, 2.05) is 6.07 Å². The first-order valence-corrected chi connectivity index (χ1v) is 8.33. The Balaban J connectivity index is 2.36. The predicted octanol–water partition coefficient (Wildman–Crippen LogP) is 3.52. The van der Waals surface area contributed by atoms with Crippen molar-refractivity contribution in [2.24, 2.45) is 0 Å². The second-order valence-corrected chi connectivity index (χ2v) is 7.48. The molecule has 0 amide bonds. The van der Waals surface area contributed by atoms with Gasteiger partial charge in [0, 0.05) is 31.0 Å². The van der Waals surface area contributed by atoms with Gasteiger partial charge in [0.25, 0.3) is 0 Å². The molecule has 0 aliphatic rings. The zero-order valence-electron chi connectivity index (χ0n) is 11.5. The summed E-state index contributed by atoms with van der Waals surface area (Å²) in [5, 5.41) is 0.553. The van der Waals surface area contributed by atoms with Gasteiger partial charge in [0.15, 0.2) is 0 Å². The van der Waals surface area contributed by atoms with Gasteiger partial charge in [-0.1, -0.05) is 29.3 Å². The first-order valence-electron chi connectivity index (χ1n) is 6.13.